The van der Waals surface area contributed by atoms with Crippen molar-refractivity contribution in [2.45, 2.75) is 56.4 Å². The number of hydrogen-bond donors (Lipinski definition) is 1. The predicted molar refractivity (Wildman–Crippen MR) is 83.0 cm³/mol. The van der Waals surface area contributed by atoms with E-state index in [9.17, 15) is 9.90 Å². The van der Waals surface area contributed by atoms with Crippen LogP contribution in [0.25, 0.3) is 0 Å². The molecule has 3 rings (SSSR count). The van der Waals surface area contributed by atoms with Gasteiger partial charge in [-0.05, 0) is 31.2 Å². The van der Waals surface area contributed by atoms with E-state index in [-0.39, 0.29) is 24.0 Å². The van der Waals surface area contributed by atoms with Crippen molar-refractivity contribution in [3.05, 3.63) is 35.9 Å². The minimum atomic E-state index is -0.320. The summed E-state index contributed by atoms with van der Waals surface area (Å²) in [5, 5.41) is 9.67. The van der Waals surface area contributed by atoms with E-state index >= 15 is 0 Å². The molecule has 1 heterocycles. The fourth-order valence-electron chi connectivity index (χ4n) is 3.82. The van der Waals surface area contributed by atoms with E-state index in [0.29, 0.717) is 0 Å². The standard InChI is InChI=1S/C18H25NO2/c20-14-16-10-5-2-6-13-19(16)17(21)18(11-7-12-18)15-8-3-1-4-9-15/h1,3-4,8-9,16,20H,2,5-7,10-14H2. The van der Waals surface area contributed by atoms with Gasteiger partial charge in [0, 0.05) is 6.54 Å². The number of amides is 1. The first-order valence-electron chi connectivity index (χ1n) is 8.25. The largest absolute Gasteiger partial charge is 0.394 e. The van der Waals surface area contributed by atoms with Gasteiger partial charge in [-0.15, -0.1) is 0 Å². The van der Waals surface area contributed by atoms with Crippen LogP contribution in [0.2, 0.25) is 0 Å². The second-order valence-corrected chi connectivity index (χ2v) is 6.49. The van der Waals surface area contributed by atoms with E-state index in [1.54, 1.807) is 0 Å². The van der Waals surface area contributed by atoms with Crippen molar-refractivity contribution in [3.63, 3.8) is 0 Å². The molecule has 1 N–H and O–H groups in total. The molecule has 1 aromatic carbocycles. The molecule has 3 heteroatoms. The third-order valence-corrected chi connectivity index (χ3v) is 5.29. The molecule has 1 saturated heterocycles. The van der Waals surface area contributed by atoms with Crippen LogP contribution in [-0.2, 0) is 10.2 Å². The lowest BCUT2D eigenvalue weighted by Gasteiger charge is -2.45. The highest BCUT2D eigenvalue weighted by Gasteiger charge is 2.48. The average Bonchev–Trinajstić information content (AvgIpc) is 2.72. The molecule has 1 unspecified atom stereocenters. The van der Waals surface area contributed by atoms with Crippen molar-refractivity contribution in [1.29, 1.82) is 0 Å². The molecular weight excluding hydrogens is 262 g/mol. The SMILES string of the molecule is O=C(N1CCCCCC1CO)C1(c2ccccc2)CCC1. The van der Waals surface area contributed by atoms with Crippen LogP contribution in [-0.4, -0.2) is 35.1 Å². The number of benzene rings is 1. The van der Waals surface area contributed by atoms with Gasteiger partial charge in [-0.25, -0.2) is 0 Å². The Bertz CT molecular complexity index is 481. The van der Waals surface area contributed by atoms with Gasteiger partial charge in [0.25, 0.3) is 0 Å². The average molecular weight is 287 g/mol. The maximum absolute atomic E-state index is 13.2. The third kappa shape index (κ3) is 2.59. The third-order valence-electron chi connectivity index (χ3n) is 5.29. The number of aliphatic hydroxyl groups is 1. The first-order valence-corrected chi connectivity index (χ1v) is 8.25. The molecule has 0 spiro atoms. The minimum absolute atomic E-state index is 0.0150. The van der Waals surface area contributed by atoms with Crippen LogP contribution in [0.4, 0.5) is 0 Å². The van der Waals surface area contributed by atoms with Crippen molar-refractivity contribution < 1.29 is 9.90 Å². The lowest BCUT2D eigenvalue weighted by atomic mass is 9.63. The zero-order valence-electron chi connectivity index (χ0n) is 12.6. The molecule has 0 aromatic heterocycles. The first-order chi connectivity index (χ1) is 10.3. The van der Waals surface area contributed by atoms with Crippen LogP contribution in [0.3, 0.4) is 0 Å². The van der Waals surface area contributed by atoms with Gasteiger partial charge in [-0.3, -0.25) is 4.79 Å². The molecule has 1 aliphatic carbocycles. The zero-order chi connectivity index (χ0) is 14.7. The van der Waals surface area contributed by atoms with Crippen LogP contribution < -0.4 is 0 Å². The number of hydrogen-bond acceptors (Lipinski definition) is 2. The number of aliphatic hydroxyl groups excluding tert-OH is 1. The molecule has 2 fully saturated rings. The van der Waals surface area contributed by atoms with Crippen LogP contribution in [0, 0.1) is 0 Å². The second kappa shape index (κ2) is 6.18. The minimum Gasteiger partial charge on any atom is -0.394 e. The summed E-state index contributed by atoms with van der Waals surface area (Å²) < 4.78 is 0. The highest BCUT2D eigenvalue weighted by molar-refractivity contribution is 5.89. The molecule has 1 saturated carbocycles. The molecule has 114 valence electrons. The topological polar surface area (TPSA) is 40.5 Å². The van der Waals surface area contributed by atoms with Gasteiger partial charge < -0.3 is 10.0 Å². The molecule has 1 atom stereocenters. The Morgan fingerprint density at radius 2 is 1.90 bits per heavy atom. The molecule has 0 bridgehead atoms. The molecular formula is C18H25NO2. The predicted octanol–water partition coefficient (Wildman–Crippen LogP) is 2.87. The Morgan fingerprint density at radius 1 is 1.14 bits per heavy atom. The fraction of sp³-hybridized carbons (Fsp3) is 0.611. The Morgan fingerprint density at radius 3 is 2.52 bits per heavy atom. The van der Waals surface area contributed by atoms with Crippen molar-refractivity contribution in [2.75, 3.05) is 13.2 Å². The number of nitrogens with zero attached hydrogens (tertiary/aromatic N) is 1. The van der Waals surface area contributed by atoms with Crippen molar-refractivity contribution in [3.8, 4) is 0 Å². The van der Waals surface area contributed by atoms with Gasteiger partial charge in [0.1, 0.15) is 0 Å². The highest BCUT2D eigenvalue weighted by atomic mass is 16.3. The normalized spacial score (nSPS) is 25.0. The van der Waals surface area contributed by atoms with E-state index in [1.807, 2.05) is 23.1 Å². The summed E-state index contributed by atoms with van der Waals surface area (Å²) in [5.74, 6) is 0.251. The summed E-state index contributed by atoms with van der Waals surface area (Å²) in [6.07, 6.45) is 7.30. The van der Waals surface area contributed by atoms with Gasteiger partial charge in [-0.1, -0.05) is 49.6 Å². The number of carbonyl (C=O) groups excluding carboxylic acids is 1. The quantitative estimate of drug-likeness (QED) is 0.928. The molecule has 2 aliphatic rings. The Balaban J connectivity index is 1.88. The Hall–Kier alpha value is -1.35. The molecule has 0 radical (unpaired) electrons. The smallest absolute Gasteiger partial charge is 0.233 e. The van der Waals surface area contributed by atoms with E-state index in [4.69, 9.17) is 0 Å². The summed E-state index contributed by atoms with van der Waals surface area (Å²) in [5.41, 5.74) is 0.834. The lowest BCUT2D eigenvalue weighted by Crippen LogP contribution is -2.54. The Labute approximate surface area is 127 Å². The summed E-state index contributed by atoms with van der Waals surface area (Å²) in [6.45, 7) is 0.898. The molecule has 21 heavy (non-hydrogen) atoms. The van der Waals surface area contributed by atoms with Gasteiger partial charge in [-0.2, -0.15) is 0 Å². The van der Waals surface area contributed by atoms with Crippen LogP contribution in [0.5, 0.6) is 0 Å². The zero-order valence-corrected chi connectivity index (χ0v) is 12.6. The van der Waals surface area contributed by atoms with Gasteiger partial charge in [0.2, 0.25) is 5.91 Å². The number of carbonyl (C=O) groups is 1. The van der Waals surface area contributed by atoms with Gasteiger partial charge in [0.05, 0.1) is 18.1 Å². The van der Waals surface area contributed by atoms with E-state index in [0.717, 1.165) is 50.6 Å². The lowest BCUT2D eigenvalue weighted by molar-refractivity contribution is -0.144. The van der Waals surface area contributed by atoms with Gasteiger partial charge >= 0.3 is 0 Å². The van der Waals surface area contributed by atoms with Crippen molar-refractivity contribution in [2.24, 2.45) is 0 Å². The summed E-state index contributed by atoms with van der Waals surface area (Å²) in [4.78, 5) is 15.2. The Kier molecular flexibility index (Phi) is 4.29. The summed E-state index contributed by atoms with van der Waals surface area (Å²) in [7, 11) is 0. The summed E-state index contributed by atoms with van der Waals surface area (Å²) >= 11 is 0. The van der Waals surface area contributed by atoms with Gasteiger partial charge in [0.15, 0.2) is 0 Å². The first kappa shape index (κ1) is 14.6. The van der Waals surface area contributed by atoms with Crippen molar-refractivity contribution >= 4 is 5.91 Å². The highest BCUT2D eigenvalue weighted by Crippen LogP contribution is 2.45. The van der Waals surface area contributed by atoms with Crippen LogP contribution >= 0.6 is 0 Å². The van der Waals surface area contributed by atoms with E-state index in [2.05, 4.69) is 12.1 Å². The fourth-order valence-corrected chi connectivity index (χ4v) is 3.82. The maximum atomic E-state index is 13.2. The molecule has 1 aliphatic heterocycles. The van der Waals surface area contributed by atoms with E-state index < -0.39 is 0 Å². The molecule has 3 nitrogen and oxygen atoms in total. The van der Waals surface area contributed by atoms with E-state index in [1.165, 1.54) is 6.42 Å². The maximum Gasteiger partial charge on any atom is 0.233 e. The molecule has 1 amide bonds. The second-order valence-electron chi connectivity index (χ2n) is 6.49. The van der Waals surface area contributed by atoms with Crippen molar-refractivity contribution in [1.82, 2.24) is 4.90 Å². The number of likely N-dealkylation sites (tertiary alicyclic amines) is 1. The molecule has 1 aromatic rings. The van der Waals surface area contributed by atoms with Crippen LogP contribution in [0.15, 0.2) is 30.3 Å². The monoisotopic (exact) mass is 287 g/mol. The van der Waals surface area contributed by atoms with Crippen LogP contribution in [0.1, 0.15) is 50.5 Å². The number of rotatable bonds is 3. The summed E-state index contributed by atoms with van der Waals surface area (Å²) in [6, 6.07) is 10.2.